The number of nitrogens with two attached hydrogens (primary N) is 2. The van der Waals surface area contributed by atoms with Crippen LogP contribution in [0, 0.1) is 5.92 Å². The number of carboxylic acid groups (broad SMARTS) is 1. The molecule has 0 aliphatic heterocycles. The quantitative estimate of drug-likeness (QED) is 0.254. The van der Waals surface area contributed by atoms with Gasteiger partial charge in [-0.3, -0.25) is 4.79 Å². The Kier molecular flexibility index (Phi) is 11.7. The van der Waals surface area contributed by atoms with Crippen LogP contribution in [0.3, 0.4) is 0 Å². The van der Waals surface area contributed by atoms with E-state index in [2.05, 4.69) is 0 Å². The van der Waals surface area contributed by atoms with Crippen LogP contribution in [0.5, 0.6) is 0 Å². The van der Waals surface area contributed by atoms with Crippen LogP contribution < -0.4 is 62.9 Å². The molecule has 0 aliphatic carbocycles. The van der Waals surface area contributed by atoms with Crippen molar-refractivity contribution in [3.8, 4) is 0 Å². The maximum absolute atomic E-state index is 13.0. The first-order valence-corrected chi connectivity index (χ1v) is 9.44. The molecule has 1 rings (SSSR count). The third kappa shape index (κ3) is 7.63. The smallest absolute Gasteiger partial charge is 1.00 e. The molecule has 0 unspecified atom stereocenters. The zero-order chi connectivity index (χ0) is 18.3. The molecule has 5 N–H and O–H groups in total. The van der Waals surface area contributed by atoms with Crippen LogP contribution in [-0.2, 0) is 14.8 Å². The Morgan fingerprint density at radius 2 is 1.80 bits per heavy atom. The van der Waals surface area contributed by atoms with Crippen LogP contribution in [0.25, 0.3) is 0 Å². The Morgan fingerprint density at radius 3 is 2.24 bits per heavy atom. The number of carbonyl (C=O) groups is 1. The fourth-order valence-corrected chi connectivity index (χ4v) is 4.18. The molecule has 25 heavy (non-hydrogen) atoms. The number of aliphatic carboxylic acids is 1. The molecule has 1 aromatic carbocycles. The molecule has 1 atom stereocenters. The SMILES string of the molecule is CC(C)CN([C@@H](CCCCN)C(=O)O)S(=O)(=O)c1ccc(N)cc1.[H-].[K+]. The van der Waals surface area contributed by atoms with E-state index in [9.17, 15) is 18.3 Å². The summed E-state index contributed by atoms with van der Waals surface area (Å²) in [5.74, 6) is -1.16. The van der Waals surface area contributed by atoms with Crippen molar-refractivity contribution in [1.29, 1.82) is 0 Å². The second-order valence-electron chi connectivity index (χ2n) is 6.18. The van der Waals surface area contributed by atoms with Crippen molar-refractivity contribution in [1.82, 2.24) is 4.31 Å². The summed E-state index contributed by atoms with van der Waals surface area (Å²) in [6.45, 7) is 4.28. The second kappa shape index (κ2) is 11.7. The number of nitrogen functional groups attached to an aromatic ring is 1. The van der Waals surface area contributed by atoms with Gasteiger partial charge in [0.1, 0.15) is 6.04 Å². The van der Waals surface area contributed by atoms with Crippen LogP contribution in [0.4, 0.5) is 5.69 Å². The zero-order valence-corrected chi connectivity index (χ0v) is 19.1. The monoisotopic (exact) mass is 397 g/mol. The molecule has 7 nitrogen and oxygen atoms in total. The summed E-state index contributed by atoms with van der Waals surface area (Å²) < 4.78 is 27.0. The van der Waals surface area contributed by atoms with Gasteiger partial charge in [-0.05, 0) is 56.0 Å². The van der Waals surface area contributed by atoms with Crippen molar-refractivity contribution >= 4 is 21.7 Å². The molecule has 0 fully saturated rings. The number of hydrogen-bond acceptors (Lipinski definition) is 5. The first-order chi connectivity index (χ1) is 11.2. The molecule has 0 aliphatic rings. The standard InChI is InChI=1S/C16H27N3O4S.K.H/c1-12(2)11-19(15(16(20)21)5-3-4-10-17)24(22,23)14-8-6-13(18)7-9-14;;/h6-9,12,15H,3-5,10-11,17-18H2,1-2H3,(H,20,21);;/q;+1;-1/t15-;;/m0../s1. The summed E-state index contributed by atoms with van der Waals surface area (Å²) in [5.41, 5.74) is 11.5. The van der Waals surface area contributed by atoms with E-state index in [1.807, 2.05) is 13.8 Å². The van der Waals surface area contributed by atoms with Crippen molar-refractivity contribution in [2.45, 2.75) is 44.0 Å². The Hall–Kier alpha value is -0.00364. The van der Waals surface area contributed by atoms with Gasteiger partial charge in [-0.25, -0.2) is 8.42 Å². The minimum atomic E-state index is -3.93. The number of unbranched alkanes of at least 4 members (excludes halogenated alkanes) is 1. The fourth-order valence-electron chi connectivity index (χ4n) is 2.40. The van der Waals surface area contributed by atoms with Crippen LogP contribution in [0.15, 0.2) is 29.2 Å². The van der Waals surface area contributed by atoms with E-state index in [4.69, 9.17) is 11.5 Å². The first kappa shape index (κ1) is 25.0. The molecular formula is C16H28KN3O4S. The Morgan fingerprint density at radius 1 is 1.24 bits per heavy atom. The van der Waals surface area contributed by atoms with Gasteiger partial charge in [0.2, 0.25) is 10.0 Å². The maximum Gasteiger partial charge on any atom is 1.00 e. The summed E-state index contributed by atoms with van der Waals surface area (Å²) in [5, 5.41) is 9.55. The van der Waals surface area contributed by atoms with Gasteiger partial charge in [-0.1, -0.05) is 13.8 Å². The van der Waals surface area contributed by atoms with E-state index >= 15 is 0 Å². The molecule has 0 spiro atoms. The van der Waals surface area contributed by atoms with Crippen LogP contribution >= 0.6 is 0 Å². The van der Waals surface area contributed by atoms with E-state index in [1.54, 1.807) is 0 Å². The van der Waals surface area contributed by atoms with E-state index < -0.39 is 22.0 Å². The first-order valence-electron chi connectivity index (χ1n) is 8.00. The molecule has 9 heteroatoms. The number of rotatable bonds is 10. The summed E-state index contributed by atoms with van der Waals surface area (Å²) in [6, 6.07) is 4.67. The molecule has 138 valence electrons. The number of sulfonamides is 1. The molecule has 0 saturated heterocycles. The van der Waals surface area contributed by atoms with Gasteiger partial charge < -0.3 is 18.0 Å². The number of carboxylic acids is 1. The number of benzene rings is 1. The molecule has 0 bridgehead atoms. The van der Waals surface area contributed by atoms with Crippen molar-refractivity contribution in [3.05, 3.63) is 24.3 Å². The van der Waals surface area contributed by atoms with Gasteiger partial charge >= 0.3 is 57.4 Å². The van der Waals surface area contributed by atoms with Gasteiger partial charge in [0, 0.05) is 12.2 Å². The minimum absolute atomic E-state index is 0. The number of hydrogen-bond donors (Lipinski definition) is 3. The summed E-state index contributed by atoms with van der Waals surface area (Å²) in [6.07, 6.45) is 1.44. The number of nitrogens with zero attached hydrogens (tertiary/aromatic N) is 1. The van der Waals surface area contributed by atoms with E-state index in [-0.39, 0.29) is 76.6 Å². The third-order valence-corrected chi connectivity index (χ3v) is 5.49. The van der Waals surface area contributed by atoms with Gasteiger partial charge in [0.25, 0.3) is 0 Å². The summed E-state index contributed by atoms with van der Waals surface area (Å²) in [7, 11) is -3.93. The molecule has 0 aromatic heterocycles. The van der Waals surface area contributed by atoms with Gasteiger partial charge in [0.15, 0.2) is 0 Å². The molecule has 0 amide bonds. The molecular weight excluding hydrogens is 369 g/mol. The largest absolute Gasteiger partial charge is 1.00 e. The normalized spacial score (nSPS) is 12.8. The predicted molar refractivity (Wildman–Crippen MR) is 95.0 cm³/mol. The van der Waals surface area contributed by atoms with E-state index in [0.717, 1.165) is 4.31 Å². The van der Waals surface area contributed by atoms with Crippen molar-refractivity contribution in [2.75, 3.05) is 18.8 Å². The Bertz CT molecular complexity index is 641. The predicted octanol–water partition coefficient (Wildman–Crippen LogP) is -1.39. The van der Waals surface area contributed by atoms with Crippen LogP contribution in [-0.4, -0.2) is 42.9 Å². The Balaban J connectivity index is 0. The van der Waals surface area contributed by atoms with Crippen molar-refractivity contribution < 1.29 is 71.1 Å². The van der Waals surface area contributed by atoms with Crippen LogP contribution in [0.2, 0.25) is 0 Å². The molecule has 0 radical (unpaired) electrons. The molecule has 0 heterocycles. The third-order valence-electron chi connectivity index (χ3n) is 3.60. The van der Waals surface area contributed by atoms with Crippen molar-refractivity contribution in [2.24, 2.45) is 11.7 Å². The summed E-state index contributed by atoms with van der Waals surface area (Å²) in [4.78, 5) is 11.7. The van der Waals surface area contributed by atoms with Gasteiger partial charge in [-0.2, -0.15) is 4.31 Å². The number of anilines is 1. The fraction of sp³-hybridized carbons (Fsp3) is 0.562. The van der Waals surface area contributed by atoms with E-state index in [1.165, 1.54) is 24.3 Å². The second-order valence-corrected chi connectivity index (χ2v) is 8.07. The van der Waals surface area contributed by atoms with Crippen LogP contribution in [0.1, 0.15) is 34.5 Å². The van der Waals surface area contributed by atoms with Crippen molar-refractivity contribution in [3.63, 3.8) is 0 Å². The average Bonchev–Trinajstić information content (AvgIpc) is 2.49. The molecule has 1 aromatic rings. The molecule has 0 saturated carbocycles. The zero-order valence-electron chi connectivity index (χ0n) is 16.2. The summed E-state index contributed by atoms with van der Waals surface area (Å²) >= 11 is 0. The van der Waals surface area contributed by atoms with Gasteiger partial charge in [0.05, 0.1) is 4.90 Å². The topological polar surface area (TPSA) is 127 Å². The minimum Gasteiger partial charge on any atom is -1.00 e. The van der Waals surface area contributed by atoms with Gasteiger partial charge in [-0.15, -0.1) is 0 Å². The average molecular weight is 398 g/mol. The maximum atomic E-state index is 13.0. The Labute approximate surface area is 194 Å². The van der Waals surface area contributed by atoms with E-state index in [0.29, 0.717) is 25.1 Å².